The SMILES string of the molecule is Cc1cc(OCc2ccccc2)c(-c2cn3ccccc3c2C(=O)O)cc1C. The second-order valence-corrected chi connectivity index (χ2v) is 6.92. The zero-order chi connectivity index (χ0) is 19.7. The predicted octanol–water partition coefficient (Wildman–Crippen LogP) is 5.50. The number of aromatic carboxylic acids is 1. The highest BCUT2D eigenvalue weighted by atomic mass is 16.5. The molecule has 0 spiro atoms. The quantitative estimate of drug-likeness (QED) is 0.504. The maximum absolute atomic E-state index is 12.1. The fourth-order valence-electron chi connectivity index (χ4n) is 3.41. The molecule has 2 heterocycles. The maximum atomic E-state index is 12.1. The van der Waals surface area contributed by atoms with Gasteiger partial charge in [0, 0.05) is 23.5 Å². The van der Waals surface area contributed by atoms with Gasteiger partial charge in [0.15, 0.2) is 0 Å². The molecule has 0 aliphatic heterocycles. The molecule has 2 aromatic carbocycles. The molecule has 0 saturated carbocycles. The summed E-state index contributed by atoms with van der Waals surface area (Å²) in [5.74, 6) is -0.263. The smallest absolute Gasteiger partial charge is 0.338 e. The van der Waals surface area contributed by atoms with Gasteiger partial charge in [-0.15, -0.1) is 0 Å². The average Bonchev–Trinajstić information content (AvgIpc) is 3.09. The third-order valence-corrected chi connectivity index (χ3v) is 5.02. The molecule has 0 radical (unpaired) electrons. The first kappa shape index (κ1) is 17.9. The summed E-state index contributed by atoms with van der Waals surface area (Å²) in [6.45, 7) is 4.48. The number of carboxylic acids is 1. The molecule has 140 valence electrons. The van der Waals surface area contributed by atoms with Crippen molar-refractivity contribution in [2.75, 3.05) is 0 Å². The van der Waals surface area contributed by atoms with Crippen LogP contribution in [0.2, 0.25) is 0 Å². The average molecular weight is 371 g/mol. The molecular formula is C24H21NO3. The Hall–Kier alpha value is -3.53. The van der Waals surface area contributed by atoms with E-state index in [9.17, 15) is 9.90 Å². The number of hydrogen-bond acceptors (Lipinski definition) is 2. The summed E-state index contributed by atoms with van der Waals surface area (Å²) >= 11 is 0. The summed E-state index contributed by atoms with van der Waals surface area (Å²) < 4.78 is 7.98. The van der Waals surface area contributed by atoms with Crippen molar-refractivity contribution >= 4 is 11.5 Å². The summed E-state index contributed by atoms with van der Waals surface area (Å²) in [6.07, 6.45) is 3.72. The molecule has 0 amide bonds. The van der Waals surface area contributed by atoms with Crippen LogP contribution in [0.3, 0.4) is 0 Å². The first-order valence-corrected chi connectivity index (χ1v) is 9.16. The molecule has 4 aromatic rings. The molecule has 0 atom stereocenters. The first-order valence-electron chi connectivity index (χ1n) is 9.16. The number of benzene rings is 2. The van der Waals surface area contributed by atoms with Gasteiger partial charge >= 0.3 is 5.97 Å². The van der Waals surface area contributed by atoms with Crippen molar-refractivity contribution in [3.05, 3.63) is 95.3 Å². The van der Waals surface area contributed by atoms with Gasteiger partial charge in [0.2, 0.25) is 0 Å². The Labute approximate surface area is 163 Å². The van der Waals surface area contributed by atoms with Gasteiger partial charge in [0.05, 0.1) is 11.1 Å². The highest BCUT2D eigenvalue weighted by molar-refractivity contribution is 6.04. The van der Waals surface area contributed by atoms with Crippen molar-refractivity contribution in [1.29, 1.82) is 0 Å². The normalized spacial score (nSPS) is 10.9. The van der Waals surface area contributed by atoms with E-state index in [0.717, 1.165) is 22.3 Å². The second kappa shape index (κ2) is 7.24. The highest BCUT2D eigenvalue weighted by Gasteiger charge is 2.21. The highest BCUT2D eigenvalue weighted by Crippen LogP contribution is 2.37. The van der Waals surface area contributed by atoms with Gasteiger partial charge in [-0.05, 0) is 54.8 Å². The van der Waals surface area contributed by atoms with Gasteiger partial charge in [-0.2, -0.15) is 0 Å². The summed E-state index contributed by atoms with van der Waals surface area (Å²) in [6, 6.07) is 19.5. The molecule has 28 heavy (non-hydrogen) atoms. The van der Waals surface area contributed by atoms with Crippen LogP contribution in [0.1, 0.15) is 27.0 Å². The van der Waals surface area contributed by atoms with Crippen LogP contribution in [-0.4, -0.2) is 15.5 Å². The molecule has 1 N–H and O–H groups in total. The van der Waals surface area contributed by atoms with Gasteiger partial charge in [0.1, 0.15) is 12.4 Å². The van der Waals surface area contributed by atoms with Gasteiger partial charge in [-0.25, -0.2) is 4.79 Å². The Balaban J connectivity index is 1.85. The molecule has 2 aromatic heterocycles. The largest absolute Gasteiger partial charge is 0.488 e. The fourth-order valence-corrected chi connectivity index (χ4v) is 3.41. The van der Waals surface area contributed by atoms with Gasteiger partial charge in [0.25, 0.3) is 0 Å². The predicted molar refractivity (Wildman–Crippen MR) is 110 cm³/mol. The van der Waals surface area contributed by atoms with Crippen LogP contribution >= 0.6 is 0 Å². The van der Waals surface area contributed by atoms with Crippen molar-refractivity contribution in [3.8, 4) is 16.9 Å². The van der Waals surface area contributed by atoms with Crippen LogP contribution in [-0.2, 0) is 6.61 Å². The summed E-state index contributed by atoms with van der Waals surface area (Å²) in [4.78, 5) is 12.1. The molecule has 4 nitrogen and oxygen atoms in total. The van der Waals surface area contributed by atoms with Crippen LogP contribution < -0.4 is 4.74 Å². The number of carboxylic acid groups (broad SMARTS) is 1. The lowest BCUT2D eigenvalue weighted by Gasteiger charge is -2.14. The van der Waals surface area contributed by atoms with Crippen molar-refractivity contribution in [1.82, 2.24) is 4.40 Å². The van der Waals surface area contributed by atoms with E-state index in [1.54, 1.807) is 0 Å². The monoisotopic (exact) mass is 371 g/mol. The lowest BCUT2D eigenvalue weighted by Crippen LogP contribution is -2.01. The molecule has 0 aliphatic rings. The number of pyridine rings is 1. The molecule has 0 fully saturated rings. The molecule has 4 rings (SSSR count). The first-order chi connectivity index (χ1) is 13.5. The number of rotatable bonds is 5. The summed E-state index contributed by atoms with van der Waals surface area (Å²) in [7, 11) is 0. The van der Waals surface area contributed by atoms with Gasteiger partial charge in [-0.1, -0.05) is 36.4 Å². The lowest BCUT2D eigenvalue weighted by atomic mass is 9.98. The third kappa shape index (κ3) is 3.25. The zero-order valence-electron chi connectivity index (χ0n) is 15.8. The van der Waals surface area contributed by atoms with Crippen LogP contribution in [0.4, 0.5) is 0 Å². The van der Waals surface area contributed by atoms with Crippen LogP contribution in [0.15, 0.2) is 73.1 Å². The van der Waals surface area contributed by atoms with Gasteiger partial charge < -0.3 is 14.2 Å². The number of fused-ring (bicyclic) bond motifs is 1. The fraction of sp³-hybridized carbons (Fsp3) is 0.125. The number of carbonyl (C=O) groups is 1. The summed E-state index contributed by atoms with van der Waals surface area (Å²) in [5.41, 5.74) is 5.66. The maximum Gasteiger partial charge on any atom is 0.338 e. The van der Waals surface area contributed by atoms with Crippen molar-refractivity contribution in [3.63, 3.8) is 0 Å². The number of aromatic nitrogens is 1. The van der Waals surface area contributed by atoms with Crippen molar-refractivity contribution in [2.45, 2.75) is 20.5 Å². The van der Waals surface area contributed by atoms with E-state index in [4.69, 9.17) is 4.74 Å². The lowest BCUT2D eigenvalue weighted by molar-refractivity contribution is 0.0700. The van der Waals surface area contributed by atoms with Crippen LogP contribution in [0.25, 0.3) is 16.6 Å². The molecule has 4 heteroatoms. The molecule has 0 aliphatic carbocycles. The Morgan fingerprint density at radius 3 is 2.43 bits per heavy atom. The molecule has 0 bridgehead atoms. The van der Waals surface area contributed by atoms with E-state index in [2.05, 4.69) is 0 Å². The topological polar surface area (TPSA) is 50.9 Å². The zero-order valence-corrected chi connectivity index (χ0v) is 15.8. The van der Waals surface area contributed by atoms with E-state index in [1.165, 1.54) is 0 Å². The minimum atomic E-state index is -0.948. The summed E-state index contributed by atoms with van der Waals surface area (Å²) in [5, 5.41) is 9.88. The molecular weight excluding hydrogens is 350 g/mol. The minimum absolute atomic E-state index is 0.286. The Morgan fingerprint density at radius 1 is 0.964 bits per heavy atom. The number of nitrogens with zero attached hydrogens (tertiary/aromatic N) is 1. The Morgan fingerprint density at radius 2 is 1.68 bits per heavy atom. The molecule has 0 unspecified atom stereocenters. The second-order valence-electron chi connectivity index (χ2n) is 6.92. The molecule has 0 saturated heterocycles. The number of aryl methyl sites for hydroxylation is 2. The van der Waals surface area contributed by atoms with E-state index in [-0.39, 0.29) is 5.56 Å². The van der Waals surface area contributed by atoms with Crippen LogP contribution in [0.5, 0.6) is 5.75 Å². The van der Waals surface area contributed by atoms with E-state index in [1.807, 2.05) is 91.3 Å². The van der Waals surface area contributed by atoms with Crippen molar-refractivity contribution in [2.24, 2.45) is 0 Å². The number of ether oxygens (including phenoxy) is 1. The van der Waals surface area contributed by atoms with E-state index in [0.29, 0.717) is 23.4 Å². The third-order valence-electron chi connectivity index (χ3n) is 5.02. The minimum Gasteiger partial charge on any atom is -0.488 e. The van der Waals surface area contributed by atoms with E-state index >= 15 is 0 Å². The van der Waals surface area contributed by atoms with Crippen molar-refractivity contribution < 1.29 is 14.6 Å². The standard InChI is InChI=1S/C24H21NO3/c1-16-12-19(20-14-25-11-7-6-10-21(25)23(20)24(26)27)22(13-17(16)2)28-15-18-8-4-3-5-9-18/h3-14H,15H2,1-2H3,(H,26,27). The Bertz CT molecular complexity index is 1160. The van der Waals surface area contributed by atoms with Gasteiger partial charge in [-0.3, -0.25) is 0 Å². The Kier molecular flexibility index (Phi) is 4.62. The van der Waals surface area contributed by atoms with E-state index < -0.39 is 5.97 Å². The number of hydrogen-bond donors (Lipinski definition) is 1. The van der Waals surface area contributed by atoms with Crippen LogP contribution in [0, 0.1) is 13.8 Å².